The normalized spacial score (nSPS) is 24.7. The number of aromatic nitrogens is 1. The topological polar surface area (TPSA) is 68.7 Å². The van der Waals surface area contributed by atoms with Crippen LogP contribution in [0.5, 0.6) is 0 Å². The number of urea groups is 1. The Labute approximate surface area is 150 Å². The number of aliphatic hydroxyl groups excluding tert-OH is 1. The maximum Gasteiger partial charge on any atom is 0.317 e. The number of hydrogen-bond donors (Lipinski definition) is 2. The predicted molar refractivity (Wildman–Crippen MR) is 98.5 cm³/mol. The van der Waals surface area contributed by atoms with E-state index < -0.39 is 6.10 Å². The highest BCUT2D eigenvalue weighted by atomic mass is 16.3. The van der Waals surface area contributed by atoms with Gasteiger partial charge in [0.15, 0.2) is 0 Å². The van der Waals surface area contributed by atoms with Crippen molar-refractivity contribution in [2.45, 2.75) is 51.7 Å². The van der Waals surface area contributed by atoms with Crippen LogP contribution in [-0.4, -0.2) is 53.3 Å². The van der Waals surface area contributed by atoms with Gasteiger partial charge in [-0.1, -0.05) is 25.8 Å². The number of β-amino-alcohol motifs (C(OH)–C–C–N with tert-alkyl or cyclic N) is 1. The number of rotatable bonds is 3. The smallest absolute Gasteiger partial charge is 0.317 e. The molecule has 0 aliphatic carbocycles. The van der Waals surface area contributed by atoms with E-state index in [9.17, 15) is 9.90 Å². The number of hydrogen-bond acceptors (Lipinski definition) is 4. The molecule has 2 unspecified atom stereocenters. The van der Waals surface area contributed by atoms with Crippen molar-refractivity contribution in [3.63, 3.8) is 0 Å². The van der Waals surface area contributed by atoms with Crippen LogP contribution in [0, 0.1) is 5.92 Å². The fraction of sp³-hybridized carbons (Fsp3) is 0.684. The molecule has 1 aromatic rings. The van der Waals surface area contributed by atoms with Crippen LogP contribution in [0.15, 0.2) is 18.3 Å². The number of nitrogens with one attached hydrogen (secondary N) is 1. The predicted octanol–water partition coefficient (Wildman–Crippen LogP) is 2.37. The zero-order valence-corrected chi connectivity index (χ0v) is 15.2. The Balaban J connectivity index is 1.49. The van der Waals surface area contributed by atoms with Crippen LogP contribution in [0.2, 0.25) is 0 Å². The van der Waals surface area contributed by atoms with Crippen molar-refractivity contribution in [2.24, 2.45) is 5.92 Å². The fourth-order valence-electron chi connectivity index (χ4n) is 3.53. The van der Waals surface area contributed by atoms with Crippen LogP contribution in [0.3, 0.4) is 0 Å². The molecule has 2 N–H and O–H groups in total. The number of anilines is 1. The molecule has 3 heterocycles. The van der Waals surface area contributed by atoms with E-state index in [1.165, 1.54) is 25.7 Å². The first-order valence-corrected chi connectivity index (χ1v) is 9.54. The van der Waals surface area contributed by atoms with Crippen molar-refractivity contribution in [1.29, 1.82) is 0 Å². The second-order valence-electron chi connectivity index (χ2n) is 7.36. The van der Waals surface area contributed by atoms with Crippen LogP contribution >= 0.6 is 0 Å². The highest BCUT2D eigenvalue weighted by molar-refractivity contribution is 5.74. The molecule has 3 rings (SSSR count). The van der Waals surface area contributed by atoms with Gasteiger partial charge in [-0.25, -0.2) is 9.78 Å². The lowest BCUT2D eigenvalue weighted by molar-refractivity contribution is 0.0435. The molecule has 138 valence electrons. The van der Waals surface area contributed by atoms with Gasteiger partial charge in [0.1, 0.15) is 5.82 Å². The van der Waals surface area contributed by atoms with Gasteiger partial charge in [0.25, 0.3) is 0 Å². The number of carbonyl (C=O) groups excluding carboxylic acids is 1. The highest BCUT2D eigenvalue weighted by Crippen LogP contribution is 2.18. The van der Waals surface area contributed by atoms with E-state index in [4.69, 9.17) is 0 Å². The largest absolute Gasteiger partial charge is 0.391 e. The number of aliphatic hydroxyl groups is 1. The molecule has 1 aromatic heterocycles. The van der Waals surface area contributed by atoms with Crippen molar-refractivity contribution in [1.82, 2.24) is 15.2 Å². The number of nitrogens with zero attached hydrogens (tertiary/aromatic N) is 3. The minimum Gasteiger partial charge on any atom is -0.391 e. The minimum atomic E-state index is -0.422. The molecule has 2 amide bonds. The van der Waals surface area contributed by atoms with Crippen molar-refractivity contribution >= 4 is 11.8 Å². The standard InChI is InChI=1S/C19H30N4O2/c1-15-8-11-23(14-17(15)24)19(25)21-13-16-6-7-18(20-12-16)22-9-4-2-3-5-10-22/h6-7,12,15,17,24H,2-5,8-11,13-14H2,1H3,(H,21,25). The Bertz CT molecular complexity index is 555. The summed E-state index contributed by atoms with van der Waals surface area (Å²) in [5.41, 5.74) is 0.998. The molecule has 25 heavy (non-hydrogen) atoms. The fourth-order valence-corrected chi connectivity index (χ4v) is 3.53. The summed E-state index contributed by atoms with van der Waals surface area (Å²) in [6.45, 7) is 5.78. The maximum absolute atomic E-state index is 12.3. The Morgan fingerprint density at radius 2 is 2.00 bits per heavy atom. The van der Waals surface area contributed by atoms with E-state index in [2.05, 4.69) is 21.3 Å². The molecule has 0 aromatic carbocycles. The maximum atomic E-state index is 12.3. The third-order valence-electron chi connectivity index (χ3n) is 5.39. The summed E-state index contributed by atoms with van der Waals surface area (Å²) in [5.74, 6) is 1.30. The number of piperidine rings is 1. The molecule has 2 aliphatic rings. The molecule has 0 radical (unpaired) electrons. The van der Waals surface area contributed by atoms with Gasteiger partial charge in [0.05, 0.1) is 6.10 Å². The lowest BCUT2D eigenvalue weighted by atomic mass is 9.96. The molecular weight excluding hydrogens is 316 g/mol. The van der Waals surface area contributed by atoms with E-state index in [1.807, 2.05) is 19.2 Å². The second-order valence-corrected chi connectivity index (χ2v) is 7.36. The summed E-state index contributed by atoms with van der Waals surface area (Å²) in [7, 11) is 0. The van der Waals surface area contributed by atoms with Gasteiger partial charge in [-0.05, 0) is 36.8 Å². The van der Waals surface area contributed by atoms with Crippen molar-refractivity contribution in [3.8, 4) is 0 Å². The second kappa shape index (κ2) is 8.52. The molecule has 0 saturated carbocycles. The Morgan fingerprint density at radius 3 is 2.64 bits per heavy atom. The zero-order chi connectivity index (χ0) is 17.6. The molecule has 6 nitrogen and oxygen atoms in total. The average molecular weight is 346 g/mol. The Morgan fingerprint density at radius 1 is 1.24 bits per heavy atom. The van der Waals surface area contributed by atoms with Crippen LogP contribution < -0.4 is 10.2 Å². The van der Waals surface area contributed by atoms with Gasteiger partial charge in [0.2, 0.25) is 0 Å². The Hall–Kier alpha value is -1.82. The molecule has 2 aliphatic heterocycles. The Kier molecular flexibility index (Phi) is 6.13. The molecule has 2 atom stereocenters. The summed E-state index contributed by atoms with van der Waals surface area (Å²) in [5, 5.41) is 12.9. The molecule has 0 bridgehead atoms. The average Bonchev–Trinajstić information content (AvgIpc) is 2.92. The van der Waals surface area contributed by atoms with Crippen molar-refractivity contribution < 1.29 is 9.90 Å². The van der Waals surface area contributed by atoms with Crippen LogP contribution in [-0.2, 0) is 6.54 Å². The first-order chi connectivity index (χ1) is 12.1. The van der Waals surface area contributed by atoms with Gasteiger partial charge >= 0.3 is 6.03 Å². The summed E-state index contributed by atoms with van der Waals surface area (Å²) < 4.78 is 0. The monoisotopic (exact) mass is 346 g/mol. The van der Waals surface area contributed by atoms with Crippen molar-refractivity contribution in [2.75, 3.05) is 31.1 Å². The van der Waals surface area contributed by atoms with E-state index >= 15 is 0 Å². The molecular formula is C19H30N4O2. The minimum absolute atomic E-state index is 0.109. The van der Waals surface area contributed by atoms with E-state index in [1.54, 1.807) is 4.90 Å². The van der Waals surface area contributed by atoms with Gasteiger partial charge in [-0.3, -0.25) is 0 Å². The van der Waals surface area contributed by atoms with Gasteiger partial charge < -0.3 is 20.2 Å². The number of amides is 2. The zero-order valence-electron chi connectivity index (χ0n) is 15.2. The molecule has 0 spiro atoms. The van der Waals surface area contributed by atoms with Gasteiger partial charge in [-0.2, -0.15) is 0 Å². The first-order valence-electron chi connectivity index (χ1n) is 9.54. The summed E-state index contributed by atoms with van der Waals surface area (Å²) in [6, 6.07) is 3.99. The third kappa shape index (κ3) is 4.84. The number of pyridine rings is 1. The molecule has 2 fully saturated rings. The number of carbonyl (C=O) groups is 1. The van der Waals surface area contributed by atoms with E-state index in [-0.39, 0.29) is 11.9 Å². The van der Waals surface area contributed by atoms with Crippen LogP contribution in [0.25, 0.3) is 0 Å². The highest BCUT2D eigenvalue weighted by Gasteiger charge is 2.27. The SMILES string of the molecule is CC1CCN(C(=O)NCc2ccc(N3CCCCCC3)nc2)CC1O. The first kappa shape index (κ1) is 18.0. The lowest BCUT2D eigenvalue weighted by Gasteiger charge is -2.34. The van der Waals surface area contributed by atoms with Crippen molar-refractivity contribution in [3.05, 3.63) is 23.9 Å². The third-order valence-corrected chi connectivity index (χ3v) is 5.39. The summed E-state index contributed by atoms with van der Waals surface area (Å²) in [4.78, 5) is 20.9. The van der Waals surface area contributed by atoms with Crippen LogP contribution in [0.4, 0.5) is 10.6 Å². The number of likely N-dealkylation sites (tertiary alicyclic amines) is 1. The lowest BCUT2D eigenvalue weighted by Crippen LogP contribution is -2.49. The van der Waals surface area contributed by atoms with Gasteiger partial charge in [-0.15, -0.1) is 0 Å². The van der Waals surface area contributed by atoms with Gasteiger partial charge in [0, 0.05) is 38.9 Å². The molecule has 2 saturated heterocycles. The molecule has 6 heteroatoms. The summed E-state index contributed by atoms with van der Waals surface area (Å²) >= 11 is 0. The quantitative estimate of drug-likeness (QED) is 0.882. The summed E-state index contributed by atoms with van der Waals surface area (Å²) in [6.07, 6.45) is 7.37. The van der Waals surface area contributed by atoms with Crippen LogP contribution in [0.1, 0.15) is 44.6 Å². The van der Waals surface area contributed by atoms with E-state index in [0.717, 1.165) is 30.9 Å². The van der Waals surface area contributed by atoms with E-state index in [0.29, 0.717) is 19.6 Å².